The lowest BCUT2D eigenvalue weighted by atomic mass is 9.79. The van der Waals surface area contributed by atoms with Crippen LogP contribution in [0.1, 0.15) is 60.8 Å². The molecule has 6 rings (SSSR count). The van der Waals surface area contributed by atoms with Gasteiger partial charge in [0.2, 0.25) is 0 Å². The van der Waals surface area contributed by atoms with Crippen LogP contribution in [0.3, 0.4) is 0 Å². The lowest BCUT2D eigenvalue weighted by Crippen LogP contribution is -2.22. The van der Waals surface area contributed by atoms with Gasteiger partial charge in [0.1, 0.15) is 11.6 Å². The maximum absolute atomic E-state index is 13.2. The summed E-state index contributed by atoms with van der Waals surface area (Å²) in [6.07, 6.45) is 4.74. The molecule has 0 saturated heterocycles. The zero-order valence-electron chi connectivity index (χ0n) is 28.7. The first-order valence-corrected chi connectivity index (χ1v) is 18.3. The van der Waals surface area contributed by atoms with Gasteiger partial charge in [0.05, 0.1) is 24.4 Å². The van der Waals surface area contributed by atoms with Crippen LogP contribution in [-0.2, 0) is 19.1 Å². The Morgan fingerprint density at radius 3 is 1.23 bits per heavy atom. The first kappa shape index (κ1) is 38.4. The van der Waals surface area contributed by atoms with E-state index in [-0.39, 0.29) is 36.7 Å². The molecule has 0 aliphatic heterocycles. The monoisotopic (exact) mass is 830 g/mol. The van der Waals surface area contributed by atoms with Crippen LogP contribution in [0.2, 0.25) is 0 Å². The molecule has 0 bridgehead atoms. The van der Waals surface area contributed by atoms with Gasteiger partial charge in [-0.3, -0.25) is 0 Å². The number of halogens is 4. The van der Waals surface area contributed by atoms with Crippen molar-refractivity contribution in [2.75, 3.05) is 13.2 Å². The van der Waals surface area contributed by atoms with E-state index in [0.717, 1.165) is 42.3 Å². The summed E-state index contributed by atoms with van der Waals surface area (Å²) >= 11 is 6.86. The van der Waals surface area contributed by atoms with Crippen LogP contribution >= 0.6 is 31.9 Å². The highest BCUT2D eigenvalue weighted by Gasteiger charge is 2.32. The smallest absolute Gasteiger partial charge is 0.336 e. The molecule has 0 fully saturated rings. The molecular formula is C42H38Br2F2N2O4. The summed E-state index contributed by atoms with van der Waals surface area (Å²) < 4.78 is 38.8. The van der Waals surface area contributed by atoms with Crippen LogP contribution in [0, 0.1) is 11.6 Å². The molecule has 0 heterocycles. The summed E-state index contributed by atoms with van der Waals surface area (Å²) in [4.78, 5) is 25.0. The van der Waals surface area contributed by atoms with Gasteiger partial charge in [0.25, 0.3) is 0 Å². The molecule has 4 aromatic carbocycles. The van der Waals surface area contributed by atoms with Gasteiger partial charge in [-0.1, -0.05) is 80.4 Å². The number of hydrogen-bond donors (Lipinski definition) is 2. The summed E-state index contributed by atoms with van der Waals surface area (Å²) in [5, 5.41) is 0. The topological polar surface area (TPSA) is 105 Å². The van der Waals surface area contributed by atoms with Crippen molar-refractivity contribution in [3.05, 3.63) is 175 Å². The average molecular weight is 833 g/mol. The summed E-state index contributed by atoms with van der Waals surface area (Å²) in [6, 6.07) is 28.2. The van der Waals surface area contributed by atoms with Crippen LogP contribution in [-0.4, -0.2) is 25.2 Å². The van der Waals surface area contributed by atoms with E-state index in [1.165, 1.54) is 24.3 Å². The van der Waals surface area contributed by atoms with Gasteiger partial charge in [-0.15, -0.1) is 0 Å². The predicted molar refractivity (Wildman–Crippen MR) is 207 cm³/mol. The quantitative estimate of drug-likeness (QED) is 0.172. The van der Waals surface area contributed by atoms with E-state index in [9.17, 15) is 18.4 Å². The van der Waals surface area contributed by atoms with Crippen LogP contribution in [0.25, 0.3) is 11.1 Å². The molecule has 2 aliphatic carbocycles. The second-order valence-electron chi connectivity index (χ2n) is 12.1. The van der Waals surface area contributed by atoms with E-state index in [1.54, 1.807) is 50.3 Å². The molecule has 0 aromatic heterocycles. The molecule has 2 atom stereocenters. The van der Waals surface area contributed by atoms with Crippen molar-refractivity contribution in [1.29, 1.82) is 0 Å². The Labute approximate surface area is 319 Å². The van der Waals surface area contributed by atoms with E-state index in [0.29, 0.717) is 35.4 Å². The van der Waals surface area contributed by atoms with Crippen LogP contribution in [0.5, 0.6) is 0 Å². The molecular weight excluding hydrogens is 794 g/mol. The zero-order chi connectivity index (χ0) is 37.4. The Kier molecular flexibility index (Phi) is 13.0. The number of hydrogen-bond acceptors (Lipinski definition) is 6. The van der Waals surface area contributed by atoms with Gasteiger partial charge in [0.15, 0.2) is 0 Å². The Bertz CT molecular complexity index is 1890. The molecule has 0 saturated carbocycles. The molecule has 0 amide bonds. The number of allylic oxidation sites excluding steroid dienone is 4. The van der Waals surface area contributed by atoms with Gasteiger partial charge in [-0.25, -0.2) is 18.4 Å². The van der Waals surface area contributed by atoms with Crippen molar-refractivity contribution in [2.24, 2.45) is 11.5 Å². The first-order chi connectivity index (χ1) is 25.0. The summed E-state index contributed by atoms with van der Waals surface area (Å²) in [5.41, 5.74) is 19.9. The van der Waals surface area contributed by atoms with E-state index in [1.807, 2.05) is 48.5 Å². The number of carbonyl (C=O) groups is 2. The Hall–Kier alpha value is -4.80. The third-order valence-electron chi connectivity index (χ3n) is 8.79. The number of esters is 2. The van der Waals surface area contributed by atoms with E-state index < -0.39 is 11.9 Å². The second-order valence-corrected chi connectivity index (χ2v) is 14.0. The van der Waals surface area contributed by atoms with Crippen molar-refractivity contribution in [2.45, 2.75) is 38.5 Å². The standard InChI is InChI=1S/2C21H19BrFNO2/c2*1-2-26-21(25)20-18(14-3-7-16(22)8-4-14)11-15(12-19(20)24)13-5-9-17(23)10-6-13/h2*3-10,12,18H,2,11,24H2,1H3/t2*18-/m11/s1. The molecule has 6 nitrogen and oxygen atoms in total. The normalized spacial score (nSPS) is 17.0. The minimum absolute atomic E-state index is 0.216. The van der Waals surface area contributed by atoms with Crippen molar-refractivity contribution in [1.82, 2.24) is 0 Å². The van der Waals surface area contributed by atoms with Crippen molar-refractivity contribution >= 4 is 54.9 Å². The maximum Gasteiger partial charge on any atom is 0.336 e. The van der Waals surface area contributed by atoms with Crippen molar-refractivity contribution < 1.29 is 27.8 Å². The molecule has 4 N–H and O–H groups in total. The van der Waals surface area contributed by atoms with E-state index >= 15 is 0 Å². The molecule has 268 valence electrons. The van der Waals surface area contributed by atoms with E-state index in [4.69, 9.17) is 20.9 Å². The number of nitrogens with two attached hydrogens (primary N) is 2. The molecule has 0 radical (unpaired) electrons. The van der Waals surface area contributed by atoms with Crippen LogP contribution in [0.4, 0.5) is 8.78 Å². The average Bonchev–Trinajstić information content (AvgIpc) is 3.12. The van der Waals surface area contributed by atoms with Gasteiger partial charge >= 0.3 is 11.9 Å². The van der Waals surface area contributed by atoms with Crippen molar-refractivity contribution in [3.63, 3.8) is 0 Å². The summed E-state index contributed by atoms with van der Waals surface area (Å²) in [5.74, 6) is -1.80. The molecule has 10 heteroatoms. The number of benzene rings is 4. The highest BCUT2D eigenvalue weighted by Crippen LogP contribution is 2.42. The van der Waals surface area contributed by atoms with Crippen LogP contribution in [0.15, 0.2) is 141 Å². The fourth-order valence-electron chi connectivity index (χ4n) is 6.32. The van der Waals surface area contributed by atoms with E-state index in [2.05, 4.69) is 31.9 Å². The Balaban J connectivity index is 0.000000201. The number of rotatable bonds is 8. The summed E-state index contributed by atoms with van der Waals surface area (Å²) in [7, 11) is 0. The summed E-state index contributed by atoms with van der Waals surface area (Å²) in [6.45, 7) is 4.12. The second kappa shape index (κ2) is 17.6. The lowest BCUT2D eigenvalue weighted by Gasteiger charge is -2.27. The van der Waals surface area contributed by atoms with Crippen LogP contribution < -0.4 is 11.5 Å². The third kappa shape index (κ3) is 9.35. The fraction of sp³-hybridized carbons (Fsp3) is 0.190. The highest BCUT2D eigenvalue weighted by atomic mass is 79.9. The molecule has 0 unspecified atom stereocenters. The third-order valence-corrected chi connectivity index (χ3v) is 9.85. The zero-order valence-corrected chi connectivity index (χ0v) is 31.8. The maximum atomic E-state index is 13.2. The molecule has 52 heavy (non-hydrogen) atoms. The van der Waals surface area contributed by atoms with Gasteiger partial charge in [-0.2, -0.15) is 0 Å². The lowest BCUT2D eigenvalue weighted by molar-refractivity contribution is -0.139. The Morgan fingerprint density at radius 2 is 0.923 bits per heavy atom. The van der Waals surface area contributed by atoms with Crippen molar-refractivity contribution in [3.8, 4) is 0 Å². The molecule has 4 aromatic rings. The van der Waals surface area contributed by atoms with Gasteiger partial charge < -0.3 is 20.9 Å². The molecule has 2 aliphatic rings. The van der Waals surface area contributed by atoms with Gasteiger partial charge in [-0.05, 0) is 121 Å². The minimum Gasteiger partial charge on any atom is -0.463 e. The molecule has 0 spiro atoms. The predicted octanol–water partition coefficient (Wildman–Crippen LogP) is 9.87. The Morgan fingerprint density at radius 1 is 0.596 bits per heavy atom. The minimum atomic E-state index is -0.396. The first-order valence-electron chi connectivity index (χ1n) is 16.8. The SMILES string of the molecule is CCOC(=O)C1=C(N)C=C(c2ccc(F)cc2)C[C@@H]1c1ccc(Br)cc1.CCOC(=O)C1=C(N)C=C(c2ccc(F)cc2)C[C@@H]1c1ccc(Br)cc1. The highest BCUT2D eigenvalue weighted by molar-refractivity contribution is 9.10. The fourth-order valence-corrected chi connectivity index (χ4v) is 6.85. The number of ether oxygens (including phenoxy) is 2. The largest absolute Gasteiger partial charge is 0.463 e. The number of carbonyl (C=O) groups excluding carboxylic acids is 2. The van der Waals surface area contributed by atoms with Gasteiger partial charge in [0, 0.05) is 32.2 Å².